The molecule has 0 amide bonds. The van der Waals surface area contributed by atoms with Gasteiger partial charge >= 0.3 is 0 Å². The Kier molecular flexibility index (Phi) is 2.77. The highest BCUT2D eigenvalue weighted by Gasteiger charge is 2.13. The van der Waals surface area contributed by atoms with Gasteiger partial charge in [0, 0.05) is 12.6 Å². The molecule has 3 heteroatoms. The van der Waals surface area contributed by atoms with Gasteiger partial charge in [-0.1, -0.05) is 0 Å². The molecule has 0 radical (unpaired) electrons. The van der Waals surface area contributed by atoms with Crippen molar-refractivity contribution in [1.82, 2.24) is 14.8 Å². The van der Waals surface area contributed by atoms with Crippen molar-refractivity contribution in [2.75, 3.05) is 0 Å². The van der Waals surface area contributed by atoms with Gasteiger partial charge in [0.2, 0.25) is 0 Å². The fraction of sp³-hybridized carbons (Fsp3) is 0.429. The Labute approximate surface area is 103 Å². The van der Waals surface area contributed by atoms with Gasteiger partial charge in [0.1, 0.15) is 5.82 Å². The van der Waals surface area contributed by atoms with Crippen molar-refractivity contribution in [3.8, 4) is 11.4 Å². The summed E-state index contributed by atoms with van der Waals surface area (Å²) in [5.41, 5.74) is 6.42. The van der Waals surface area contributed by atoms with Crippen molar-refractivity contribution >= 4 is 0 Å². The molecule has 0 spiro atoms. The summed E-state index contributed by atoms with van der Waals surface area (Å²) < 4.78 is 1.82. The molecule has 2 aromatic rings. The number of rotatable bonds is 1. The molecular weight excluding hydrogens is 210 g/mol. The fourth-order valence-corrected chi connectivity index (χ4v) is 2.02. The van der Waals surface area contributed by atoms with Gasteiger partial charge in [-0.3, -0.25) is 4.68 Å². The molecule has 0 atom stereocenters. The second-order valence-corrected chi connectivity index (χ2v) is 4.72. The fourth-order valence-electron chi connectivity index (χ4n) is 2.02. The molecule has 0 aliphatic carbocycles. The standard InChI is InChI=1S/C14H19N3/c1-8-7-13(11(4)10(3)9(8)2)14-15-12(5)17(6)16-14/h7H,1-6H3. The first-order valence-corrected chi connectivity index (χ1v) is 5.87. The van der Waals surface area contributed by atoms with Gasteiger partial charge in [0.15, 0.2) is 5.82 Å². The van der Waals surface area contributed by atoms with Crippen molar-refractivity contribution in [3.05, 3.63) is 34.1 Å². The van der Waals surface area contributed by atoms with E-state index in [4.69, 9.17) is 0 Å². The summed E-state index contributed by atoms with van der Waals surface area (Å²) in [6.07, 6.45) is 0. The highest BCUT2D eigenvalue weighted by atomic mass is 15.3. The molecule has 1 aromatic heterocycles. The van der Waals surface area contributed by atoms with E-state index in [1.165, 1.54) is 22.3 Å². The molecule has 0 N–H and O–H groups in total. The lowest BCUT2D eigenvalue weighted by Crippen LogP contribution is -1.96. The Hall–Kier alpha value is -1.64. The predicted molar refractivity (Wildman–Crippen MR) is 70.1 cm³/mol. The average molecular weight is 229 g/mol. The molecule has 90 valence electrons. The molecule has 2 rings (SSSR count). The Bertz CT molecular complexity index is 560. The van der Waals surface area contributed by atoms with E-state index < -0.39 is 0 Å². The van der Waals surface area contributed by atoms with Gasteiger partial charge in [0.25, 0.3) is 0 Å². The van der Waals surface area contributed by atoms with Crippen LogP contribution in [0.25, 0.3) is 11.4 Å². The van der Waals surface area contributed by atoms with Gasteiger partial charge in [0.05, 0.1) is 0 Å². The topological polar surface area (TPSA) is 30.7 Å². The number of hydrogen-bond acceptors (Lipinski definition) is 2. The van der Waals surface area contributed by atoms with E-state index in [9.17, 15) is 0 Å². The first kappa shape index (κ1) is 11.8. The van der Waals surface area contributed by atoms with Gasteiger partial charge in [-0.15, -0.1) is 0 Å². The summed E-state index contributed by atoms with van der Waals surface area (Å²) in [5, 5.41) is 4.46. The zero-order valence-electron chi connectivity index (χ0n) is 11.4. The number of aromatic nitrogens is 3. The van der Waals surface area contributed by atoms with Crippen molar-refractivity contribution in [2.45, 2.75) is 34.6 Å². The maximum Gasteiger partial charge on any atom is 0.181 e. The molecule has 0 saturated heterocycles. The monoisotopic (exact) mass is 229 g/mol. The molecule has 0 aliphatic rings. The molecule has 1 heterocycles. The zero-order chi connectivity index (χ0) is 12.7. The van der Waals surface area contributed by atoms with Crippen LogP contribution in [0.3, 0.4) is 0 Å². The minimum Gasteiger partial charge on any atom is -0.253 e. The zero-order valence-corrected chi connectivity index (χ0v) is 11.4. The maximum atomic E-state index is 4.51. The van der Waals surface area contributed by atoms with Crippen LogP contribution >= 0.6 is 0 Å². The Morgan fingerprint density at radius 1 is 0.941 bits per heavy atom. The van der Waals surface area contributed by atoms with Crippen LogP contribution in [0.1, 0.15) is 28.1 Å². The second kappa shape index (κ2) is 3.99. The first-order chi connectivity index (χ1) is 7.91. The molecule has 0 bridgehead atoms. The quantitative estimate of drug-likeness (QED) is 0.752. The lowest BCUT2D eigenvalue weighted by Gasteiger charge is -2.12. The number of benzene rings is 1. The van der Waals surface area contributed by atoms with Crippen molar-refractivity contribution in [3.63, 3.8) is 0 Å². The lowest BCUT2D eigenvalue weighted by molar-refractivity contribution is 0.736. The number of aryl methyl sites for hydroxylation is 3. The lowest BCUT2D eigenvalue weighted by atomic mass is 9.94. The largest absolute Gasteiger partial charge is 0.253 e. The van der Waals surface area contributed by atoms with E-state index in [2.05, 4.69) is 43.8 Å². The van der Waals surface area contributed by atoms with Gasteiger partial charge in [-0.05, 0) is 62.9 Å². The summed E-state index contributed by atoms with van der Waals surface area (Å²) in [5.74, 6) is 1.77. The first-order valence-electron chi connectivity index (χ1n) is 5.87. The van der Waals surface area contributed by atoms with E-state index >= 15 is 0 Å². The normalized spacial score (nSPS) is 10.9. The Morgan fingerprint density at radius 2 is 1.59 bits per heavy atom. The molecule has 3 nitrogen and oxygen atoms in total. The van der Waals surface area contributed by atoms with Crippen molar-refractivity contribution in [2.24, 2.45) is 7.05 Å². The van der Waals surface area contributed by atoms with Crippen molar-refractivity contribution in [1.29, 1.82) is 0 Å². The van der Waals surface area contributed by atoms with Gasteiger partial charge in [-0.25, -0.2) is 4.98 Å². The van der Waals surface area contributed by atoms with Gasteiger partial charge < -0.3 is 0 Å². The SMILES string of the molecule is Cc1cc(-c2nc(C)n(C)n2)c(C)c(C)c1C. The van der Waals surface area contributed by atoms with E-state index in [1.54, 1.807) is 0 Å². The third kappa shape index (κ3) is 1.86. The predicted octanol–water partition coefficient (Wildman–Crippen LogP) is 3.02. The molecule has 0 unspecified atom stereocenters. The third-order valence-electron chi connectivity index (χ3n) is 3.70. The highest BCUT2D eigenvalue weighted by molar-refractivity contribution is 5.64. The van der Waals surface area contributed by atoms with Crippen LogP contribution in [0, 0.1) is 34.6 Å². The Morgan fingerprint density at radius 3 is 2.12 bits per heavy atom. The number of nitrogens with zero attached hydrogens (tertiary/aromatic N) is 3. The van der Waals surface area contributed by atoms with Crippen LogP contribution < -0.4 is 0 Å². The minimum absolute atomic E-state index is 0.828. The molecular formula is C14H19N3. The molecule has 0 aliphatic heterocycles. The minimum atomic E-state index is 0.828. The molecule has 0 fully saturated rings. The van der Waals surface area contributed by atoms with Gasteiger partial charge in [-0.2, -0.15) is 5.10 Å². The molecule has 17 heavy (non-hydrogen) atoms. The van der Waals surface area contributed by atoms with Crippen molar-refractivity contribution < 1.29 is 0 Å². The molecule has 0 saturated carbocycles. The van der Waals surface area contributed by atoms with E-state index in [1.807, 2.05) is 18.7 Å². The molecule has 1 aromatic carbocycles. The number of hydrogen-bond donors (Lipinski definition) is 0. The van der Waals surface area contributed by atoms with Crippen LogP contribution in [-0.4, -0.2) is 14.8 Å². The summed E-state index contributed by atoms with van der Waals surface area (Å²) >= 11 is 0. The highest BCUT2D eigenvalue weighted by Crippen LogP contribution is 2.27. The van der Waals surface area contributed by atoms with E-state index in [-0.39, 0.29) is 0 Å². The van der Waals surface area contributed by atoms with Crippen LogP contribution in [0.15, 0.2) is 6.07 Å². The summed E-state index contributed by atoms with van der Waals surface area (Å²) in [6, 6.07) is 2.19. The maximum absolute atomic E-state index is 4.51. The van der Waals surface area contributed by atoms with E-state index in [0.717, 1.165) is 17.2 Å². The summed E-state index contributed by atoms with van der Waals surface area (Å²) in [6.45, 7) is 10.6. The van der Waals surface area contributed by atoms with Crippen LogP contribution in [0.4, 0.5) is 0 Å². The van der Waals surface area contributed by atoms with Crippen LogP contribution in [0.2, 0.25) is 0 Å². The Balaban J connectivity index is 2.68. The average Bonchev–Trinajstić information content (AvgIpc) is 2.61. The second-order valence-electron chi connectivity index (χ2n) is 4.72. The van der Waals surface area contributed by atoms with Crippen LogP contribution in [0.5, 0.6) is 0 Å². The van der Waals surface area contributed by atoms with E-state index in [0.29, 0.717) is 0 Å². The third-order valence-corrected chi connectivity index (χ3v) is 3.70. The summed E-state index contributed by atoms with van der Waals surface area (Å²) in [7, 11) is 1.93. The smallest absolute Gasteiger partial charge is 0.181 e. The van der Waals surface area contributed by atoms with Crippen LogP contribution in [-0.2, 0) is 7.05 Å². The summed E-state index contributed by atoms with van der Waals surface area (Å²) in [4.78, 5) is 4.51.